The molecule has 1 N–H and O–H groups in total. The van der Waals surface area contributed by atoms with Crippen molar-refractivity contribution in [1.82, 2.24) is 9.66 Å². The summed E-state index contributed by atoms with van der Waals surface area (Å²) in [7, 11) is 0. The number of benzene rings is 7. The Morgan fingerprint density at radius 2 is 1.05 bits per heavy atom. The molecule has 0 aliphatic carbocycles. The Hall–Kier alpha value is -7.56. The molecule has 266 valence electrons. The van der Waals surface area contributed by atoms with Gasteiger partial charge in [-0.15, -0.1) is 0 Å². The summed E-state index contributed by atoms with van der Waals surface area (Å²) in [6.07, 6.45) is 8.51. The molecule has 4 nitrogen and oxygen atoms in total. The molecule has 0 spiro atoms. The maximum absolute atomic E-state index is 7.47. The van der Waals surface area contributed by atoms with Gasteiger partial charge in [-0.2, -0.15) is 0 Å². The van der Waals surface area contributed by atoms with Crippen molar-refractivity contribution in [3.05, 3.63) is 219 Å². The van der Waals surface area contributed by atoms with Gasteiger partial charge >= 0.3 is 0 Å². The summed E-state index contributed by atoms with van der Waals surface area (Å²) in [6, 6.07) is 64.9. The highest BCUT2D eigenvalue weighted by atomic mass is 15.6. The van der Waals surface area contributed by atoms with Gasteiger partial charge in [-0.25, -0.2) is 9.69 Å². The Kier molecular flexibility index (Phi) is 9.20. The Bertz CT molecular complexity index is 2840. The molecule has 9 rings (SSSR count). The Labute approximate surface area is 327 Å². The van der Waals surface area contributed by atoms with Crippen molar-refractivity contribution in [2.75, 3.05) is 5.01 Å². The standard InChI is InChI=1S/C52H38N4/c1-37(12-11-33-53)38-19-24-45(25-20-38)55(46-26-21-40(22-27-46)41-31-34-54-35-32-41)56-50-30-23-44(39-13-5-2-6-14-39)36-49(50)51-47(42-15-7-3-8-16-42)28-29-48(52(51)56)43-17-9-4-10-18-43/h2-36,53H,1H2/b12-11-,53-33?. The summed E-state index contributed by atoms with van der Waals surface area (Å²) in [6.45, 7) is 4.27. The number of rotatable bonds is 10. The molecular weight excluding hydrogens is 681 g/mol. The first-order valence-corrected chi connectivity index (χ1v) is 18.7. The smallest absolute Gasteiger partial charge is 0.0800 e. The fourth-order valence-corrected chi connectivity index (χ4v) is 7.65. The quantitative estimate of drug-likeness (QED) is 0.113. The van der Waals surface area contributed by atoms with Crippen LogP contribution in [0.25, 0.3) is 71.9 Å². The lowest BCUT2D eigenvalue weighted by atomic mass is 9.94. The number of fused-ring (bicyclic) bond motifs is 3. The first-order valence-electron chi connectivity index (χ1n) is 18.7. The molecule has 7 aromatic carbocycles. The van der Waals surface area contributed by atoms with Gasteiger partial charge in [-0.05, 0) is 105 Å². The zero-order valence-corrected chi connectivity index (χ0v) is 30.8. The van der Waals surface area contributed by atoms with Crippen LogP contribution in [0.2, 0.25) is 0 Å². The highest BCUT2D eigenvalue weighted by Crippen LogP contribution is 2.45. The molecule has 4 heteroatoms. The van der Waals surface area contributed by atoms with E-state index in [4.69, 9.17) is 5.41 Å². The minimum atomic E-state index is 0.845. The third kappa shape index (κ3) is 6.40. The van der Waals surface area contributed by atoms with E-state index in [-0.39, 0.29) is 0 Å². The van der Waals surface area contributed by atoms with Crippen LogP contribution in [0.5, 0.6) is 0 Å². The third-order valence-electron chi connectivity index (χ3n) is 10.4. The summed E-state index contributed by atoms with van der Waals surface area (Å²) >= 11 is 0. The molecule has 56 heavy (non-hydrogen) atoms. The maximum atomic E-state index is 7.47. The van der Waals surface area contributed by atoms with E-state index in [2.05, 4.69) is 191 Å². The average Bonchev–Trinajstić information content (AvgIpc) is 3.61. The topological polar surface area (TPSA) is 44.9 Å². The molecular formula is C52H38N4. The summed E-state index contributed by atoms with van der Waals surface area (Å²) in [5.41, 5.74) is 15.2. The Balaban J connectivity index is 1.38. The van der Waals surface area contributed by atoms with Crippen molar-refractivity contribution < 1.29 is 0 Å². The van der Waals surface area contributed by atoms with E-state index in [1.165, 1.54) is 22.7 Å². The van der Waals surface area contributed by atoms with Gasteiger partial charge in [0.15, 0.2) is 0 Å². The second kappa shape index (κ2) is 15.1. The molecule has 0 saturated heterocycles. The van der Waals surface area contributed by atoms with Gasteiger partial charge in [0.05, 0.1) is 22.4 Å². The minimum Gasteiger partial charge on any atom is -0.309 e. The van der Waals surface area contributed by atoms with Crippen molar-refractivity contribution in [3.63, 3.8) is 0 Å². The molecule has 0 aliphatic heterocycles. The highest BCUT2D eigenvalue weighted by molar-refractivity contribution is 6.20. The molecule has 2 heterocycles. The lowest BCUT2D eigenvalue weighted by molar-refractivity contribution is 0.887. The van der Waals surface area contributed by atoms with Gasteiger partial charge in [0, 0.05) is 34.9 Å². The lowest BCUT2D eigenvalue weighted by Gasteiger charge is -2.29. The zero-order valence-electron chi connectivity index (χ0n) is 30.8. The largest absolute Gasteiger partial charge is 0.309 e. The first-order chi connectivity index (χ1) is 27.7. The van der Waals surface area contributed by atoms with Crippen LogP contribution in [0, 0.1) is 5.41 Å². The van der Waals surface area contributed by atoms with E-state index < -0.39 is 0 Å². The maximum Gasteiger partial charge on any atom is 0.0800 e. The number of hydrogen-bond donors (Lipinski definition) is 1. The average molecular weight is 719 g/mol. The fourth-order valence-electron chi connectivity index (χ4n) is 7.65. The summed E-state index contributed by atoms with van der Waals surface area (Å²) in [5.74, 6) is 0. The van der Waals surface area contributed by atoms with Crippen LogP contribution in [0.3, 0.4) is 0 Å². The molecule has 0 radical (unpaired) electrons. The highest BCUT2D eigenvalue weighted by Gasteiger charge is 2.25. The molecule has 0 unspecified atom stereocenters. The molecule has 0 amide bonds. The van der Waals surface area contributed by atoms with Crippen molar-refractivity contribution in [2.24, 2.45) is 0 Å². The van der Waals surface area contributed by atoms with Crippen LogP contribution in [0.1, 0.15) is 5.56 Å². The van der Waals surface area contributed by atoms with Gasteiger partial charge in [-0.1, -0.05) is 146 Å². The third-order valence-corrected chi connectivity index (χ3v) is 10.4. The minimum absolute atomic E-state index is 0.845. The molecule has 9 aromatic rings. The predicted molar refractivity (Wildman–Crippen MR) is 236 cm³/mol. The zero-order chi connectivity index (χ0) is 37.8. The van der Waals surface area contributed by atoms with E-state index in [1.54, 1.807) is 6.08 Å². The predicted octanol–water partition coefficient (Wildman–Crippen LogP) is 13.7. The molecule has 0 bridgehead atoms. The number of nitrogens with one attached hydrogen (secondary N) is 1. The number of allylic oxidation sites excluding steroid dienone is 3. The van der Waals surface area contributed by atoms with Gasteiger partial charge < -0.3 is 5.41 Å². The van der Waals surface area contributed by atoms with Gasteiger partial charge in [0.1, 0.15) is 0 Å². The number of nitrogens with zero attached hydrogens (tertiary/aromatic N) is 3. The Morgan fingerprint density at radius 1 is 0.536 bits per heavy atom. The number of aromatic nitrogens is 2. The van der Waals surface area contributed by atoms with E-state index in [0.29, 0.717) is 0 Å². The van der Waals surface area contributed by atoms with Crippen LogP contribution in [0.15, 0.2) is 213 Å². The van der Waals surface area contributed by atoms with Gasteiger partial charge in [-0.3, -0.25) is 4.98 Å². The monoisotopic (exact) mass is 718 g/mol. The summed E-state index contributed by atoms with van der Waals surface area (Å²) in [5, 5.41) is 12.2. The van der Waals surface area contributed by atoms with Crippen molar-refractivity contribution in [1.29, 1.82) is 5.41 Å². The van der Waals surface area contributed by atoms with Crippen LogP contribution in [-0.4, -0.2) is 15.9 Å². The van der Waals surface area contributed by atoms with Crippen LogP contribution < -0.4 is 5.01 Å². The van der Waals surface area contributed by atoms with Crippen molar-refractivity contribution in [2.45, 2.75) is 0 Å². The molecule has 0 saturated carbocycles. The molecule has 0 aliphatic rings. The number of hydrogen-bond acceptors (Lipinski definition) is 3. The molecule has 0 atom stereocenters. The van der Waals surface area contributed by atoms with Crippen molar-refractivity contribution in [3.8, 4) is 44.5 Å². The number of pyridine rings is 1. The first kappa shape index (κ1) is 34.2. The van der Waals surface area contributed by atoms with E-state index >= 15 is 0 Å². The van der Waals surface area contributed by atoms with E-state index in [0.717, 1.165) is 72.3 Å². The molecule has 0 fully saturated rings. The molecule has 2 aromatic heterocycles. The van der Waals surface area contributed by atoms with Crippen molar-refractivity contribution >= 4 is 45.0 Å². The van der Waals surface area contributed by atoms with Crippen LogP contribution in [0.4, 0.5) is 11.4 Å². The van der Waals surface area contributed by atoms with Crippen LogP contribution in [-0.2, 0) is 0 Å². The number of anilines is 2. The lowest BCUT2D eigenvalue weighted by Crippen LogP contribution is -2.24. The van der Waals surface area contributed by atoms with Gasteiger partial charge in [0.2, 0.25) is 0 Å². The van der Waals surface area contributed by atoms with Gasteiger partial charge in [0.25, 0.3) is 0 Å². The Morgan fingerprint density at radius 3 is 1.68 bits per heavy atom. The normalized spacial score (nSPS) is 11.3. The SMILES string of the molecule is C=C(/C=C\C=N)c1ccc(N(c2ccc(-c3ccncc3)cc2)n2c3ccc(-c4ccccc4)cc3c3c(-c4ccccc4)ccc(-c4ccccc4)c32)cc1. The van der Waals surface area contributed by atoms with E-state index in [9.17, 15) is 0 Å². The van der Waals surface area contributed by atoms with Crippen LogP contribution >= 0.6 is 0 Å². The van der Waals surface area contributed by atoms with E-state index in [1.807, 2.05) is 30.6 Å². The summed E-state index contributed by atoms with van der Waals surface area (Å²) < 4.78 is 2.41. The summed E-state index contributed by atoms with van der Waals surface area (Å²) in [4.78, 5) is 4.24. The second-order valence-electron chi connectivity index (χ2n) is 13.7. The fraction of sp³-hybridized carbons (Fsp3) is 0. The second-order valence-corrected chi connectivity index (χ2v) is 13.7.